The first-order valence-electron chi connectivity index (χ1n) is 8.72. The maximum absolute atomic E-state index is 13.1. The fraction of sp³-hybridized carbons (Fsp3) is 0.0476. The number of carbonyl (C=O) groups is 1. The van der Waals surface area contributed by atoms with Crippen LogP contribution < -0.4 is 4.90 Å². The van der Waals surface area contributed by atoms with E-state index < -0.39 is 0 Å². The van der Waals surface area contributed by atoms with Gasteiger partial charge in [0.25, 0.3) is 0 Å². The molecule has 28 heavy (non-hydrogen) atoms. The van der Waals surface area contributed by atoms with Crippen LogP contribution in [0.3, 0.4) is 0 Å². The van der Waals surface area contributed by atoms with E-state index in [-0.39, 0.29) is 11.7 Å². The molecule has 1 aromatic heterocycles. The van der Waals surface area contributed by atoms with Crippen LogP contribution in [0, 0.1) is 0 Å². The van der Waals surface area contributed by atoms with Gasteiger partial charge in [0.05, 0.1) is 11.4 Å². The van der Waals surface area contributed by atoms with Gasteiger partial charge in [0.2, 0.25) is 11.1 Å². The highest BCUT2D eigenvalue weighted by Crippen LogP contribution is 2.27. The number of nitrogens with zero attached hydrogens (tertiary/aromatic N) is 5. The van der Waals surface area contributed by atoms with E-state index in [0.717, 1.165) is 17.1 Å². The van der Waals surface area contributed by atoms with Crippen molar-refractivity contribution >= 4 is 29.0 Å². The number of amides is 1. The molecule has 0 atom stereocenters. The van der Waals surface area contributed by atoms with Crippen molar-refractivity contribution in [3.05, 3.63) is 91.0 Å². The van der Waals surface area contributed by atoms with Gasteiger partial charge in [0.1, 0.15) is 0 Å². The summed E-state index contributed by atoms with van der Waals surface area (Å²) in [6, 6.07) is 28.8. The first-order valence-corrected chi connectivity index (χ1v) is 9.71. The Labute approximate surface area is 166 Å². The Morgan fingerprint density at radius 3 is 1.93 bits per heavy atom. The van der Waals surface area contributed by atoms with Gasteiger partial charge in [-0.05, 0) is 46.8 Å². The fourth-order valence-corrected chi connectivity index (χ4v) is 3.52. The molecular formula is C21H17N5OS. The van der Waals surface area contributed by atoms with Gasteiger partial charge >= 0.3 is 0 Å². The Morgan fingerprint density at radius 1 is 0.821 bits per heavy atom. The maximum atomic E-state index is 13.1. The molecule has 0 unspecified atom stereocenters. The zero-order valence-corrected chi connectivity index (χ0v) is 15.7. The third-order valence-corrected chi connectivity index (χ3v) is 4.95. The van der Waals surface area contributed by atoms with Crippen molar-refractivity contribution in [1.29, 1.82) is 0 Å². The molecule has 1 amide bonds. The summed E-state index contributed by atoms with van der Waals surface area (Å²) in [6.07, 6.45) is 0. The summed E-state index contributed by atoms with van der Waals surface area (Å²) < 4.78 is 1.63. The number of benzene rings is 3. The zero-order chi connectivity index (χ0) is 19.2. The van der Waals surface area contributed by atoms with Gasteiger partial charge < -0.3 is 0 Å². The van der Waals surface area contributed by atoms with E-state index in [1.54, 1.807) is 9.58 Å². The second kappa shape index (κ2) is 8.49. The number of para-hydroxylation sites is 3. The van der Waals surface area contributed by atoms with E-state index in [4.69, 9.17) is 0 Å². The number of rotatable bonds is 6. The van der Waals surface area contributed by atoms with E-state index in [0.29, 0.717) is 5.16 Å². The van der Waals surface area contributed by atoms with Crippen LogP contribution in [-0.4, -0.2) is 31.9 Å². The third-order valence-electron chi connectivity index (χ3n) is 4.04. The van der Waals surface area contributed by atoms with Crippen LogP contribution in [0.5, 0.6) is 0 Å². The quantitative estimate of drug-likeness (QED) is 0.466. The van der Waals surface area contributed by atoms with Crippen molar-refractivity contribution in [2.24, 2.45) is 0 Å². The van der Waals surface area contributed by atoms with E-state index in [2.05, 4.69) is 15.5 Å². The summed E-state index contributed by atoms with van der Waals surface area (Å²) in [5.41, 5.74) is 2.49. The molecule has 0 saturated heterocycles. The van der Waals surface area contributed by atoms with Gasteiger partial charge in [-0.1, -0.05) is 66.4 Å². The lowest BCUT2D eigenvalue weighted by Gasteiger charge is -2.22. The Hall–Kier alpha value is -3.45. The monoisotopic (exact) mass is 387 g/mol. The SMILES string of the molecule is O=C(CSc1nnnn1-c1ccccc1)N(c1ccccc1)c1ccccc1. The van der Waals surface area contributed by atoms with Crippen LogP contribution in [-0.2, 0) is 4.79 Å². The van der Waals surface area contributed by atoms with E-state index in [9.17, 15) is 4.79 Å². The van der Waals surface area contributed by atoms with Gasteiger partial charge in [-0.3, -0.25) is 9.69 Å². The Bertz CT molecular complexity index is 999. The first kappa shape index (κ1) is 17.9. The molecule has 0 aliphatic heterocycles. The molecule has 0 aliphatic carbocycles. The number of anilines is 2. The molecular weight excluding hydrogens is 370 g/mol. The van der Waals surface area contributed by atoms with Crippen molar-refractivity contribution in [2.45, 2.75) is 5.16 Å². The normalized spacial score (nSPS) is 10.6. The predicted molar refractivity (Wildman–Crippen MR) is 110 cm³/mol. The van der Waals surface area contributed by atoms with Crippen molar-refractivity contribution in [2.75, 3.05) is 10.7 Å². The molecule has 0 bridgehead atoms. The van der Waals surface area contributed by atoms with E-state index in [1.165, 1.54) is 11.8 Å². The average molecular weight is 387 g/mol. The lowest BCUT2D eigenvalue weighted by atomic mass is 10.2. The predicted octanol–water partition coefficient (Wildman–Crippen LogP) is 4.12. The number of thioether (sulfide) groups is 1. The lowest BCUT2D eigenvalue weighted by molar-refractivity contribution is -0.115. The molecule has 0 saturated carbocycles. The lowest BCUT2D eigenvalue weighted by Crippen LogP contribution is -2.27. The summed E-state index contributed by atoms with van der Waals surface area (Å²) >= 11 is 1.31. The first-order chi connectivity index (χ1) is 13.8. The summed E-state index contributed by atoms with van der Waals surface area (Å²) in [4.78, 5) is 14.8. The molecule has 138 valence electrons. The highest BCUT2D eigenvalue weighted by atomic mass is 32.2. The van der Waals surface area contributed by atoms with Crippen molar-refractivity contribution in [3.63, 3.8) is 0 Å². The Morgan fingerprint density at radius 2 is 1.36 bits per heavy atom. The number of hydrogen-bond donors (Lipinski definition) is 0. The topological polar surface area (TPSA) is 63.9 Å². The summed E-state index contributed by atoms with van der Waals surface area (Å²) in [5.74, 6) is 0.154. The molecule has 0 N–H and O–H groups in total. The number of tetrazole rings is 1. The molecule has 0 spiro atoms. The average Bonchev–Trinajstić information content (AvgIpc) is 3.23. The number of carbonyl (C=O) groups excluding carboxylic acids is 1. The number of hydrogen-bond acceptors (Lipinski definition) is 5. The van der Waals surface area contributed by atoms with Crippen LogP contribution in [0.25, 0.3) is 5.69 Å². The second-order valence-electron chi connectivity index (χ2n) is 5.90. The molecule has 0 aliphatic rings. The van der Waals surface area contributed by atoms with Crippen LogP contribution in [0.4, 0.5) is 11.4 Å². The summed E-state index contributed by atoms with van der Waals surface area (Å²) in [7, 11) is 0. The Kier molecular flexibility index (Phi) is 5.44. The standard InChI is InChI=1S/C21H17N5OS/c27-20(16-28-21-22-23-24-26(21)19-14-8-3-9-15-19)25(17-10-4-1-5-11-17)18-12-6-2-7-13-18/h1-15H,16H2. The van der Waals surface area contributed by atoms with Gasteiger partial charge in [0, 0.05) is 11.4 Å². The van der Waals surface area contributed by atoms with Crippen LogP contribution in [0.2, 0.25) is 0 Å². The Balaban J connectivity index is 1.56. The second-order valence-corrected chi connectivity index (χ2v) is 6.84. The van der Waals surface area contributed by atoms with Crippen LogP contribution in [0.1, 0.15) is 0 Å². The molecule has 4 rings (SSSR count). The summed E-state index contributed by atoms with van der Waals surface area (Å²) in [5, 5.41) is 12.4. The molecule has 0 fully saturated rings. The minimum atomic E-state index is -0.0509. The maximum Gasteiger partial charge on any atom is 0.242 e. The minimum Gasteiger partial charge on any atom is -0.280 e. The molecule has 0 radical (unpaired) electrons. The third kappa shape index (κ3) is 3.94. The van der Waals surface area contributed by atoms with Gasteiger partial charge in [-0.25, -0.2) is 0 Å². The molecule has 6 nitrogen and oxygen atoms in total. The fourth-order valence-electron chi connectivity index (χ4n) is 2.78. The molecule has 4 aromatic rings. The van der Waals surface area contributed by atoms with Crippen molar-refractivity contribution in [3.8, 4) is 5.69 Å². The summed E-state index contributed by atoms with van der Waals surface area (Å²) in [6.45, 7) is 0. The van der Waals surface area contributed by atoms with Gasteiger partial charge in [-0.2, -0.15) is 4.68 Å². The highest BCUT2D eigenvalue weighted by Gasteiger charge is 2.19. The van der Waals surface area contributed by atoms with Crippen LogP contribution in [0.15, 0.2) is 96.2 Å². The number of aromatic nitrogens is 4. The zero-order valence-electron chi connectivity index (χ0n) is 14.9. The van der Waals surface area contributed by atoms with E-state index >= 15 is 0 Å². The van der Waals surface area contributed by atoms with Gasteiger partial charge in [0.15, 0.2) is 0 Å². The highest BCUT2D eigenvalue weighted by molar-refractivity contribution is 7.99. The van der Waals surface area contributed by atoms with E-state index in [1.807, 2.05) is 91.0 Å². The molecule has 1 heterocycles. The minimum absolute atomic E-state index is 0.0509. The van der Waals surface area contributed by atoms with Crippen molar-refractivity contribution in [1.82, 2.24) is 20.2 Å². The smallest absolute Gasteiger partial charge is 0.242 e. The van der Waals surface area contributed by atoms with Crippen LogP contribution >= 0.6 is 11.8 Å². The molecule has 3 aromatic carbocycles. The molecule has 7 heteroatoms. The van der Waals surface area contributed by atoms with Gasteiger partial charge in [-0.15, -0.1) is 5.10 Å². The van der Waals surface area contributed by atoms with Crippen molar-refractivity contribution < 1.29 is 4.79 Å². The largest absolute Gasteiger partial charge is 0.280 e.